The van der Waals surface area contributed by atoms with Gasteiger partial charge in [0.2, 0.25) is 5.89 Å². The summed E-state index contributed by atoms with van der Waals surface area (Å²) < 4.78 is 5.30. The van der Waals surface area contributed by atoms with Gasteiger partial charge in [-0.25, -0.2) is 0 Å². The van der Waals surface area contributed by atoms with Crippen molar-refractivity contribution in [3.05, 3.63) is 24.3 Å². The summed E-state index contributed by atoms with van der Waals surface area (Å²) in [6.07, 6.45) is 0. The maximum Gasteiger partial charge on any atom is 0.284 e. The molecule has 1 aromatic carbocycles. The number of carbonyl (C=O) groups excluding carboxylic acids is 1. The van der Waals surface area contributed by atoms with Crippen molar-refractivity contribution in [3.63, 3.8) is 0 Å². The summed E-state index contributed by atoms with van der Waals surface area (Å²) in [5, 5.41) is 7.75. The second kappa shape index (κ2) is 4.36. The van der Waals surface area contributed by atoms with Crippen molar-refractivity contribution >= 4 is 22.6 Å². The Morgan fingerprint density at radius 2 is 2.00 bits per heavy atom. The van der Waals surface area contributed by atoms with Gasteiger partial charge in [0.1, 0.15) is 0 Å². The Bertz CT molecular complexity index is 507. The van der Waals surface area contributed by atoms with Crippen molar-refractivity contribution in [3.8, 4) is 11.5 Å². The van der Waals surface area contributed by atoms with Crippen LogP contribution >= 0.6 is 11.8 Å². The first-order valence-corrected chi connectivity index (χ1v) is 5.34. The van der Waals surface area contributed by atoms with Gasteiger partial charge in [0.15, 0.2) is 5.12 Å². The molecule has 1 heterocycles. The highest BCUT2D eigenvalue weighted by Gasteiger charge is 2.10. The van der Waals surface area contributed by atoms with Crippen LogP contribution in [0.5, 0.6) is 0 Å². The highest BCUT2D eigenvalue weighted by atomic mass is 32.2. The molecule has 0 aliphatic heterocycles. The monoisotopic (exact) mass is 235 g/mol. The average molecular weight is 235 g/mol. The fraction of sp³-hybridized carbons (Fsp3) is 0.100. The molecule has 0 bridgehead atoms. The van der Waals surface area contributed by atoms with Crippen LogP contribution in [0.4, 0.5) is 5.69 Å². The summed E-state index contributed by atoms with van der Waals surface area (Å²) in [6.45, 7) is 1.44. The summed E-state index contributed by atoms with van der Waals surface area (Å²) in [4.78, 5) is 10.8. The molecule has 0 aliphatic carbocycles. The van der Waals surface area contributed by atoms with E-state index in [1.165, 1.54) is 6.92 Å². The first-order chi connectivity index (χ1) is 7.65. The minimum atomic E-state index is -0.0903. The van der Waals surface area contributed by atoms with Crippen LogP contribution in [0.15, 0.2) is 33.9 Å². The number of aromatic nitrogens is 2. The smallest absolute Gasteiger partial charge is 0.284 e. The molecular weight excluding hydrogens is 226 g/mol. The quantitative estimate of drug-likeness (QED) is 0.633. The van der Waals surface area contributed by atoms with Crippen LogP contribution in [0.3, 0.4) is 0 Å². The predicted octanol–water partition coefficient (Wildman–Crippen LogP) is 1.96. The van der Waals surface area contributed by atoms with Gasteiger partial charge in [-0.1, -0.05) is 0 Å². The number of carbonyl (C=O) groups is 1. The molecule has 5 nitrogen and oxygen atoms in total. The summed E-state index contributed by atoms with van der Waals surface area (Å²) in [5.74, 6) is 0.378. The zero-order valence-corrected chi connectivity index (χ0v) is 9.32. The number of nitrogens with zero attached hydrogens (tertiary/aromatic N) is 2. The lowest BCUT2D eigenvalue weighted by molar-refractivity contribution is -0.109. The SMILES string of the molecule is CC(=O)Sc1nnc(-c2ccc(N)cc2)o1. The van der Waals surface area contributed by atoms with Crippen LogP contribution in [0.1, 0.15) is 6.92 Å². The molecule has 2 rings (SSSR count). The van der Waals surface area contributed by atoms with E-state index in [0.29, 0.717) is 11.6 Å². The number of benzene rings is 1. The molecule has 0 atom stereocenters. The Morgan fingerprint density at radius 1 is 1.31 bits per heavy atom. The minimum absolute atomic E-state index is 0.0903. The second-order valence-corrected chi connectivity index (χ2v) is 4.22. The van der Waals surface area contributed by atoms with Gasteiger partial charge in [-0.05, 0) is 24.3 Å². The van der Waals surface area contributed by atoms with Gasteiger partial charge in [0, 0.05) is 29.9 Å². The maximum absolute atomic E-state index is 10.8. The molecule has 0 saturated carbocycles. The van der Waals surface area contributed by atoms with Gasteiger partial charge in [0.25, 0.3) is 5.22 Å². The van der Waals surface area contributed by atoms with Crippen molar-refractivity contribution in [2.24, 2.45) is 0 Å². The first kappa shape index (κ1) is 10.7. The largest absolute Gasteiger partial charge is 0.411 e. The third-order valence-corrected chi connectivity index (χ3v) is 2.42. The van der Waals surface area contributed by atoms with Crippen molar-refractivity contribution in [2.75, 3.05) is 5.73 Å². The summed E-state index contributed by atoms with van der Waals surface area (Å²) in [6, 6.07) is 7.06. The molecule has 6 heteroatoms. The van der Waals surface area contributed by atoms with E-state index >= 15 is 0 Å². The lowest BCUT2D eigenvalue weighted by atomic mass is 10.2. The van der Waals surface area contributed by atoms with Crippen LogP contribution in [-0.2, 0) is 4.79 Å². The van der Waals surface area contributed by atoms with Crippen LogP contribution < -0.4 is 5.73 Å². The van der Waals surface area contributed by atoms with Crippen molar-refractivity contribution in [1.29, 1.82) is 0 Å². The molecule has 0 saturated heterocycles. The fourth-order valence-corrected chi connectivity index (χ4v) is 1.56. The predicted molar refractivity (Wildman–Crippen MR) is 60.7 cm³/mol. The van der Waals surface area contributed by atoms with Crippen molar-refractivity contribution in [1.82, 2.24) is 10.2 Å². The van der Waals surface area contributed by atoms with Gasteiger partial charge in [-0.15, -0.1) is 10.2 Å². The average Bonchev–Trinajstić information content (AvgIpc) is 2.66. The van der Waals surface area contributed by atoms with E-state index in [4.69, 9.17) is 10.2 Å². The topological polar surface area (TPSA) is 82.0 Å². The molecule has 1 aromatic heterocycles. The molecule has 0 radical (unpaired) electrons. The van der Waals surface area contributed by atoms with E-state index in [2.05, 4.69) is 10.2 Å². The highest BCUT2D eigenvalue weighted by Crippen LogP contribution is 2.23. The summed E-state index contributed by atoms with van der Waals surface area (Å²) in [7, 11) is 0. The number of hydrogen-bond acceptors (Lipinski definition) is 6. The Labute approximate surface area is 96.0 Å². The highest BCUT2D eigenvalue weighted by molar-refractivity contribution is 8.13. The van der Waals surface area contributed by atoms with E-state index in [0.717, 1.165) is 17.3 Å². The third-order valence-electron chi connectivity index (χ3n) is 1.80. The number of nitrogens with two attached hydrogens (primary N) is 1. The third kappa shape index (κ3) is 2.40. The lowest BCUT2D eigenvalue weighted by Gasteiger charge is -1.94. The first-order valence-electron chi connectivity index (χ1n) is 4.53. The Morgan fingerprint density at radius 3 is 2.62 bits per heavy atom. The molecule has 0 spiro atoms. The Kier molecular flexibility index (Phi) is 2.91. The molecule has 0 fully saturated rings. The van der Waals surface area contributed by atoms with Crippen molar-refractivity contribution < 1.29 is 9.21 Å². The number of thioether (sulfide) groups is 1. The molecule has 0 aliphatic rings. The van der Waals surface area contributed by atoms with Crippen molar-refractivity contribution in [2.45, 2.75) is 12.1 Å². The van der Waals surface area contributed by atoms with Gasteiger partial charge in [-0.3, -0.25) is 4.79 Å². The maximum atomic E-state index is 10.8. The fourth-order valence-electron chi connectivity index (χ4n) is 1.12. The van der Waals surface area contributed by atoms with Gasteiger partial charge in [-0.2, -0.15) is 0 Å². The van der Waals surface area contributed by atoms with Crippen LogP contribution in [-0.4, -0.2) is 15.3 Å². The van der Waals surface area contributed by atoms with E-state index in [1.807, 2.05) is 0 Å². The number of hydrogen-bond donors (Lipinski definition) is 1. The molecule has 0 unspecified atom stereocenters. The molecule has 0 amide bonds. The van der Waals surface area contributed by atoms with Crippen LogP contribution in [0.25, 0.3) is 11.5 Å². The Hall–Kier alpha value is -1.82. The van der Waals surface area contributed by atoms with E-state index in [9.17, 15) is 4.79 Å². The van der Waals surface area contributed by atoms with Crippen LogP contribution in [0, 0.1) is 0 Å². The van der Waals surface area contributed by atoms with Gasteiger partial charge in [0.05, 0.1) is 0 Å². The van der Waals surface area contributed by atoms with Gasteiger partial charge < -0.3 is 10.2 Å². The zero-order chi connectivity index (χ0) is 11.5. The number of nitrogen functional groups attached to an aromatic ring is 1. The van der Waals surface area contributed by atoms with E-state index < -0.39 is 0 Å². The molecule has 16 heavy (non-hydrogen) atoms. The standard InChI is InChI=1S/C10H9N3O2S/c1-6(14)16-10-13-12-9(15-10)7-2-4-8(11)5-3-7/h2-5H,11H2,1H3. The lowest BCUT2D eigenvalue weighted by Crippen LogP contribution is -1.83. The summed E-state index contributed by atoms with van der Waals surface area (Å²) in [5.41, 5.74) is 7.00. The van der Waals surface area contributed by atoms with E-state index in [1.54, 1.807) is 24.3 Å². The molecular formula is C10H9N3O2S. The normalized spacial score (nSPS) is 10.3. The minimum Gasteiger partial charge on any atom is -0.411 e. The molecule has 2 aromatic rings. The molecule has 82 valence electrons. The Balaban J connectivity index is 2.24. The van der Waals surface area contributed by atoms with E-state index in [-0.39, 0.29) is 10.3 Å². The second-order valence-electron chi connectivity index (χ2n) is 3.09. The number of rotatable bonds is 2. The molecule has 2 N–H and O–H groups in total. The van der Waals surface area contributed by atoms with Crippen LogP contribution in [0.2, 0.25) is 0 Å². The number of anilines is 1. The van der Waals surface area contributed by atoms with Gasteiger partial charge >= 0.3 is 0 Å². The summed E-state index contributed by atoms with van der Waals surface area (Å²) >= 11 is 0.913. The zero-order valence-electron chi connectivity index (χ0n) is 8.51.